The molecule has 0 bridgehead atoms. The van der Waals surface area contributed by atoms with Gasteiger partial charge in [-0.2, -0.15) is 0 Å². The quantitative estimate of drug-likeness (QED) is 0.149. The Morgan fingerprint density at radius 2 is 1.05 bits per heavy atom. The number of amides is 2. The molecular formula is C43H40Cl2F2N6O5. The van der Waals surface area contributed by atoms with Gasteiger partial charge in [-0.1, -0.05) is 69.9 Å². The average molecular weight is 830 g/mol. The first-order valence-corrected chi connectivity index (χ1v) is 19.5. The second kappa shape index (κ2) is 16.2. The van der Waals surface area contributed by atoms with Crippen LogP contribution in [0.1, 0.15) is 34.7 Å². The Hall–Kier alpha value is -5.79. The van der Waals surface area contributed by atoms with Crippen molar-refractivity contribution in [1.29, 1.82) is 0 Å². The Morgan fingerprint density at radius 3 is 1.45 bits per heavy atom. The summed E-state index contributed by atoms with van der Waals surface area (Å²) in [5.41, 5.74) is 3.25. The smallest absolute Gasteiger partial charge is 0.321 e. The topological polar surface area (TPSA) is 101 Å². The normalized spacial score (nSPS) is 17.2. The molecule has 2 amide bonds. The molecule has 0 unspecified atom stereocenters. The van der Waals surface area contributed by atoms with E-state index < -0.39 is 23.7 Å². The minimum atomic E-state index is -0.708. The predicted molar refractivity (Wildman–Crippen MR) is 218 cm³/mol. The zero-order valence-electron chi connectivity index (χ0n) is 32.2. The summed E-state index contributed by atoms with van der Waals surface area (Å²) >= 11 is 13.3. The Balaban J connectivity index is 1.26. The number of aromatic nitrogens is 2. The summed E-state index contributed by atoms with van der Waals surface area (Å²) in [5.74, 6) is 0.982. The van der Waals surface area contributed by atoms with Gasteiger partial charge in [-0.25, -0.2) is 13.6 Å². The number of nitrogens with zero attached hydrogens (tertiary/aromatic N) is 6. The molecule has 300 valence electrons. The average Bonchev–Trinajstić information content (AvgIpc) is 3.81. The number of anilines is 2. The van der Waals surface area contributed by atoms with Crippen molar-refractivity contribution < 1.29 is 32.1 Å². The highest BCUT2D eigenvalue weighted by Gasteiger charge is 2.44. The van der Waals surface area contributed by atoms with Crippen LogP contribution in [-0.4, -0.2) is 79.6 Å². The van der Waals surface area contributed by atoms with Crippen molar-refractivity contribution in [2.75, 3.05) is 63.3 Å². The van der Waals surface area contributed by atoms with Crippen LogP contribution in [-0.2, 0) is 0 Å². The Labute approximate surface area is 344 Å². The fraction of sp³-hybridized carbons (Fsp3) is 0.279. The van der Waals surface area contributed by atoms with Gasteiger partial charge in [-0.05, 0) is 62.4 Å². The van der Waals surface area contributed by atoms with Gasteiger partial charge in [0.1, 0.15) is 46.0 Å². The van der Waals surface area contributed by atoms with Crippen molar-refractivity contribution in [1.82, 2.24) is 20.1 Å². The number of rotatable bonds is 8. The van der Waals surface area contributed by atoms with Crippen LogP contribution in [0.15, 0.2) is 94.0 Å². The minimum Gasteiger partial charge on any atom is -0.495 e. The Bertz CT molecular complexity index is 2270. The summed E-state index contributed by atoms with van der Waals surface area (Å²) < 4.78 is 54.3. The standard InChI is InChI=1S/C43H40Cl2F2N6O5/c1-25-37(41(48-57-25)39-27(44)11-9-13-29(39)46)33-23-50(31-15-5-7-17-35(31)55-3)19-21-52(33)43(54)53-22-20-51(32-16-6-8-18-36(32)56-4)24-34(53)38-26(2)58-49-42(38)40-28(45)12-10-14-30(40)47/h5-18,33-34H,19-24H2,1-4H3/t33-,34-/m1/s1. The number of hydrogen-bond acceptors (Lipinski definition) is 9. The van der Waals surface area contributed by atoms with Gasteiger partial charge >= 0.3 is 6.03 Å². The molecule has 15 heteroatoms. The number of para-hydroxylation sites is 4. The first-order chi connectivity index (χ1) is 28.1. The van der Waals surface area contributed by atoms with Crippen molar-refractivity contribution in [3.63, 3.8) is 0 Å². The number of halogens is 4. The molecule has 2 aromatic heterocycles. The number of ether oxygens (including phenoxy) is 2. The molecule has 6 aromatic rings. The minimum absolute atomic E-state index is 0.0765. The first-order valence-electron chi connectivity index (χ1n) is 18.8. The number of methoxy groups -OCH3 is 2. The van der Waals surface area contributed by atoms with Gasteiger partial charge in [0, 0.05) is 50.4 Å². The summed E-state index contributed by atoms with van der Waals surface area (Å²) in [6, 6.07) is 22.4. The van der Waals surface area contributed by atoms with Crippen molar-refractivity contribution in [3.8, 4) is 34.0 Å². The van der Waals surface area contributed by atoms with Gasteiger partial charge in [-0.15, -0.1) is 0 Å². The molecule has 0 N–H and O–H groups in total. The fourth-order valence-electron chi connectivity index (χ4n) is 8.25. The maximum Gasteiger partial charge on any atom is 0.321 e. The fourth-order valence-corrected chi connectivity index (χ4v) is 8.76. The van der Waals surface area contributed by atoms with Gasteiger partial charge in [0.2, 0.25) is 0 Å². The van der Waals surface area contributed by atoms with Crippen LogP contribution in [0.3, 0.4) is 0 Å². The molecule has 0 radical (unpaired) electrons. The second-order valence-electron chi connectivity index (χ2n) is 14.1. The van der Waals surface area contributed by atoms with E-state index in [9.17, 15) is 0 Å². The van der Waals surface area contributed by atoms with Crippen LogP contribution in [0.2, 0.25) is 10.0 Å². The summed E-state index contributed by atoms with van der Waals surface area (Å²) in [6.45, 7) is 5.43. The molecule has 4 aromatic carbocycles. The van der Waals surface area contributed by atoms with Crippen LogP contribution in [0.5, 0.6) is 11.5 Å². The number of carbonyl (C=O) groups is 1. The number of piperazine rings is 2. The molecule has 11 nitrogen and oxygen atoms in total. The van der Waals surface area contributed by atoms with E-state index in [0.29, 0.717) is 47.2 Å². The van der Waals surface area contributed by atoms with E-state index in [1.807, 2.05) is 48.5 Å². The van der Waals surface area contributed by atoms with Crippen LogP contribution in [0.25, 0.3) is 22.5 Å². The summed E-state index contributed by atoms with van der Waals surface area (Å²) in [5, 5.41) is 8.96. The summed E-state index contributed by atoms with van der Waals surface area (Å²) in [6.07, 6.45) is 0. The van der Waals surface area contributed by atoms with E-state index in [-0.39, 0.29) is 64.8 Å². The molecule has 2 aliphatic rings. The first kappa shape index (κ1) is 39.1. The molecule has 58 heavy (non-hydrogen) atoms. The van der Waals surface area contributed by atoms with E-state index in [2.05, 4.69) is 20.1 Å². The van der Waals surface area contributed by atoms with Gasteiger partial charge in [-0.3, -0.25) is 0 Å². The lowest BCUT2D eigenvalue weighted by atomic mass is 9.94. The van der Waals surface area contributed by atoms with Crippen LogP contribution < -0.4 is 19.3 Å². The number of benzene rings is 4. The van der Waals surface area contributed by atoms with E-state index >= 15 is 13.6 Å². The predicted octanol–water partition coefficient (Wildman–Crippen LogP) is 9.76. The largest absolute Gasteiger partial charge is 0.495 e. The van der Waals surface area contributed by atoms with Crippen molar-refractivity contribution >= 4 is 40.6 Å². The Morgan fingerprint density at radius 1 is 0.638 bits per heavy atom. The lowest BCUT2D eigenvalue weighted by Crippen LogP contribution is -2.59. The van der Waals surface area contributed by atoms with Crippen LogP contribution in [0, 0.1) is 25.5 Å². The molecule has 0 aliphatic carbocycles. The third kappa shape index (κ3) is 6.96. The third-order valence-corrected chi connectivity index (χ3v) is 11.6. The lowest BCUT2D eigenvalue weighted by molar-refractivity contribution is 0.104. The number of aryl methyl sites for hydroxylation is 2. The summed E-state index contributed by atoms with van der Waals surface area (Å²) in [7, 11) is 3.22. The third-order valence-electron chi connectivity index (χ3n) is 11.0. The monoisotopic (exact) mass is 828 g/mol. The highest BCUT2D eigenvalue weighted by Crippen LogP contribution is 2.45. The zero-order valence-corrected chi connectivity index (χ0v) is 33.7. The zero-order chi connectivity index (χ0) is 40.7. The molecule has 4 heterocycles. The van der Waals surface area contributed by atoms with Gasteiger partial charge < -0.3 is 38.1 Å². The maximum absolute atomic E-state index is 15.6. The molecule has 2 aliphatic heterocycles. The van der Waals surface area contributed by atoms with E-state index in [1.54, 1.807) is 50.0 Å². The molecule has 2 atom stereocenters. The summed E-state index contributed by atoms with van der Waals surface area (Å²) in [4.78, 5) is 23.4. The molecule has 0 saturated carbocycles. The van der Waals surface area contributed by atoms with Crippen LogP contribution in [0.4, 0.5) is 25.0 Å². The van der Waals surface area contributed by atoms with E-state index in [0.717, 1.165) is 11.4 Å². The number of urea groups is 1. The van der Waals surface area contributed by atoms with E-state index in [1.165, 1.54) is 24.3 Å². The van der Waals surface area contributed by atoms with Crippen LogP contribution >= 0.6 is 23.2 Å². The highest BCUT2D eigenvalue weighted by atomic mass is 35.5. The number of carbonyl (C=O) groups excluding carboxylic acids is 1. The van der Waals surface area contributed by atoms with Crippen molar-refractivity contribution in [2.45, 2.75) is 25.9 Å². The molecule has 2 fully saturated rings. The Kier molecular flexibility index (Phi) is 10.9. The van der Waals surface area contributed by atoms with Gasteiger partial charge in [0.15, 0.2) is 0 Å². The van der Waals surface area contributed by atoms with Crippen molar-refractivity contribution in [2.24, 2.45) is 0 Å². The SMILES string of the molecule is COc1ccccc1N1CCN(C(=O)N2CCN(c3ccccc3OC)C[C@@H]2c2c(-c3c(F)cccc3Cl)noc2C)[C@@H](c2c(-c3c(F)cccc3Cl)noc2C)C1. The second-order valence-corrected chi connectivity index (χ2v) is 14.9. The molecular weight excluding hydrogens is 789 g/mol. The molecule has 2 saturated heterocycles. The highest BCUT2D eigenvalue weighted by molar-refractivity contribution is 6.33. The van der Waals surface area contributed by atoms with E-state index in [4.69, 9.17) is 41.7 Å². The van der Waals surface area contributed by atoms with Gasteiger partial charge in [0.05, 0.1) is 58.9 Å². The molecule has 0 spiro atoms. The molecule has 8 rings (SSSR count). The van der Waals surface area contributed by atoms with Gasteiger partial charge in [0.25, 0.3) is 0 Å². The maximum atomic E-state index is 15.6. The van der Waals surface area contributed by atoms with Crippen molar-refractivity contribution in [3.05, 3.63) is 129 Å². The lowest BCUT2D eigenvalue weighted by Gasteiger charge is -2.48. The number of hydrogen-bond donors (Lipinski definition) is 0.